The summed E-state index contributed by atoms with van der Waals surface area (Å²) in [5.74, 6) is 1.97. The fraction of sp³-hybridized carbons (Fsp3) is 0.385. The van der Waals surface area contributed by atoms with Crippen LogP contribution in [0.25, 0.3) is 0 Å². The van der Waals surface area contributed by atoms with Gasteiger partial charge >= 0.3 is 0 Å². The van der Waals surface area contributed by atoms with Gasteiger partial charge in [-0.2, -0.15) is 0 Å². The minimum Gasteiger partial charge on any atom is -0.0854 e. The maximum atomic E-state index is 2.24. The van der Waals surface area contributed by atoms with Gasteiger partial charge in [-0.15, -0.1) is 0 Å². The van der Waals surface area contributed by atoms with Gasteiger partial charge in [-0.1, -0.05) is 71.8 Å². The third kappa shape index (κ3) is 6.69. The quantitative estimate of drug-likeness (QED) is 0.680. The van der Waals surface area contributed by atoms with Gasteiger partial charge in [-0.25, -0.2) is 0 Å². The first-order valence-electron chi connectivity index (χ1n) is 5.26. The molecular weight excluding hydrogens is 220 g/mol. The van der Waals surface area contributed by atoms with Crippen molar-refractivity contribution in [3.05, 3.63) is 47.4 Å². The summed E-state index contributed by atoms with van der Waals surface area (Å²) in [4.78, 5) is 0. The fourth-order valence-corrected chi connectivity index (χ4v) is 2.85. The zero-order valence-electron chi connectivity index (χ0n) is 9.35. The Kier molecular flexibility index (Phi) is 6.69. The molecule has 2 rings (SSSR count). The predicted molar refractivity (Wildman–Crippen MR) is 74.2 cm³/mol. The molecule has 1 heterocycles. The molecule has 0 nitrogen and oxygen atoms in total. The van der Waals surface area contributed by atoms with Crippen LogP contribution in [-0.4, -0.2) is 5.75 Å². The summed E-state index contributed by atoms with van der Waals surface area (Å²) in [6, 6.07) is 10.6. The van der Waals surface area contributed by atoms with Gasteiger partial charge in [0.05, 0.1) is 0 Å². The average molecular weight is 238 g/mol. The molecule has 0 amide bonds. The maximum absolute atomic E-state index is 2.24. The molecule has 1 aliphatic rings. The zero-order valence-corrected chi connectivity index (χ0v) is 11.0. The van der Waals surface area contributed by atoms with E-state index in [0.29, 0.717) is 0 Å². The SMILES string of the molecule is C1=CSSC1.CC(C)Cc1ccccc1. The second kappa shape index (κ2) is 7.89. The molecule has 0 bridgehead atoms. The predicted octanol–water partition coefficient (Wildman–Crippen LogP) is 4.78. The number of hydrogen-bond donors (Lipinski definition) is 0. The Hall–Kier alpha value is -0.340. The molecular formula is C13H18S2. The number of rotatable bonds is 2. The summed E-state index contributed by atoms with van der Waals surface area (Å²) in [5.41, 5.74) is 1.44. The van der Waals surface area contributed by atoms with Gasteiger partial charge in [0.25, 0.3) is 0 Å². The van der Waals surface area contributed by atoms with E-state index < -0.39 is 0 Å². The highest BCUT2D eigenvalue weighted by Gasteiger charge is 1.94. The largest absolute Gasteiger partial charge is 0.0854 e. The lowest BCUT2D eigenvalue weighted by Crippen LogP contribution is -1.92. The van der Waals surface area contributed by atoms with E-state index in [-0.39, 0.29) is 0 Å². The first kappa shape index (κ1) is 12.7. The van der Waals surface area contributed by atoms with Gasteiger partial charge in [0.1, 0.15) is 0 Å². The average Bonchev–Trinajstić information content (AvgIpc) is 2.76. The second-order valence-electron chi connectivity index (χ2n) is 3.84. The Morgan fingerprint density at radius 3 is 2.33 bits per heavy atom. The minimum absolute atomic E-state index is 0.766. The van der Waals surface area contributed by atoms with Crippen LogP contribution < -0.4 is 0 Å². The third-order valence-electron chi connectivity index (χ3n) is 1.87. The van der Waals surface area contributed by atoms with Crippen molar-refractivity contribution in [3.8, 4) is 0 Å². The van der Waals surface area contributed by atoms with E-state index >= 15 is 0 Å². The molecule has 1 aromatic rings. The van der Waals surface area contributed by atoms with Gasteiger partial charge < -0.3 is 0 Å². The van der Waals surface area contributed by atoms with Gasteiger partial charge in [-0.05, 0) is 23.3 Å². The Bertz CT molecular complexity index is 272. The van der Waals surface area contributed by atoms with Crippen molar-refractivity contribution in [1.29, 1.82) is 0 Å². The molecule has 2 heteroatoms. The molecule has 0 N–H and O–H groups in total. The van der Waals surface area contributed by atoms with Crippen LogP contribution in [0.4, 0.5) is 0 Å². The monoisotopic (exact) mass is 238 g/mol. The Morgan fingerprint density at radius 2 is 1.93 bits per heavy atom. The van der Waals surface area contributed by atoms with E-state index in [1.54, 1.807) is 0 Å². The standard InChI is InChI=1S/C10H14.C3H4S2/c1-9(2)8-10-6-4-3-5-7-10;1-2-4-5-3-1/h3-7,9H,8H2,1-2H3;1-2H,3H2. The van der Waals surface area contributed by atoms with Crippen molar-refractivity contribution in [2.45, 2.75) is 20.3 Å². The topological polar surface area (TPSA) is 0 Å². The highest BCUT2D eigenvalue weighted by Crippen LogP contribution is 2.27. The summed E-state index contributed by atoms with van der Waals surface area (Å²) in [6.45, 7) is 4.49. The minimum atomic E-state index is 0.766. The van der Waals surface area contributed by atoms with Gasteiger partial charge in [0.2, 0.25) is 0 Å². The van der Waals surface area contributed by atoms with Crippen molar-refractivity contribution >= 4 is 21.6 Å². The van der Waals surface area contributed by atoms with E-state index in [4.69, 9.17) is 0 Å². The molecule has 1 aromatic carbocycles. The van der Waals surface area contributed by atoms with Crippen LogP contribution in [0.3, 0.4) is 0 Å². The maximum Gasteiger partial charge on any atom is 0.0229 e. The van der Waals surface area contributed by atoms with Gasteiger partial charge in [0.15, 0.2) is 0 Å². The number of benzene rings is 1. The van der Waals surface area contributed by atoms with Crippen LogP contribution in [0.2, 0.25) is 0 Å². The summed E-state index contributed by atoms with van der Waals surface area (Å²) in [6.07, 6.45) is 3.36. The van der Waals surface area contributed by atoms with Crippen molar-refractivity contribution in [2.75, 3.05) is 5.75 Å². The van der Waals surface area contributed by atoms with Crippen LogP contribution in [0, 0.1) is 5.92 Å². The Morgan fingerprint density at radius 1 is 1.20 bits per heavy atom. The van der Waals surface area contributed by atoms with Crippen molar-refractivity contribution < 1.29 is 0 Å². The molecule has 0 spiro atoms. The molecule has 15 heavy (non-hydrogen) atoms. The normalized spacial score (nSPS) is 13.8. The van der Waals surface area contributed by atoms with Crippen molar-refractivity contribution in [3.63, 3.8) is 0 Å². The molecule has 82 valence electrons. The lowest BCUT2D eigenvalue weighted by atomic mass is 10.0. The van der Waals surface area contributed by atoms with E-state index in [1.807, 2.05) is 21.6 Å². The van der Waals surface area contributed by atoms with Crippen molar-refractivity contribution in [2.24, 2.45) is 5.92 Å². The molecule has 0 aliphatic carbocycles. The van der Waals surface area contributed by atoms with Crippen LogP contribution in [0.5, 0.6) is 0 Å². The van der Waals surface area contributed by atoms with Crippen LogP contribution >= 0.6 is 21.6 Å². The summed E-state index contributed by atoms with van der Waals surface area (Å²) < 4.78 is 0. The molecule has 1 aliphatic heterocycles. The van der Waals surface area contributed by atoms with E-state index in [2.05, 4.69) is 55.7 Å². The highest BCUT2D eigenvalue weighted by molar-refractivity contribution is 8.78. The summed E-state index contributed by atoms with van der Waals surface area (Å²) in [5, 5.41) is 2.12. The Labute approximate surface area is 101 Å². The Balaban J connectivity index is 0.000000187. The molecule has 0 radical (unpaired) electrons. The molecule has 0 atom stereocenters. The van der Waals surface area contributed by atoms with Crippen LogP contribution in [0.1, 0.15) is 19.4 Å². The van der Waals surface area contributed by atoms with E-state index in [0.717, 1.165) is 5.92 Å². The van der Waals surface area contributed by atoms with Crippen molar-refractivity contribution in [1.82, 2.24) is 0 Å². The lowest BCUT2D eigenvalue weighted by molar-refractivity contribution is 0.647. The summed E-state index contributed by atoms with van der Waals surface area (Å²) in [7, 11) is 3.69. The van der Waals surface area contributed by atoms with Crippen LogP contribution in [-0.2, 0) is 6.42 Å². The number of hydrogen-bond acceptors (Lipinski definition) is 2. The fourth-order valence-electron chi connectivity index (χ4n) is 1.28. The van der Waals surface area contributed by atoms with E-state index in [1.165, 1.54) is 17.7 Å². The first-order chi connectivity index (χ1) is 7.29. The van der Waals surface area contributed by atoms with E-state index in [9.17, 15) is 0 Å². The highest BCUT2D eigenvalue weighted by atomic mass is 33.1. The van der Waals surface area contributed by atoms with Crippen LogP contribution in [0.15, 0.2) is 41.8 Å². The molecule has 0 saturated heterocycles. The first-order valence-corrected chi connectivity index (χ1v) is 7.64. The van der Waals surface area contributed by atoms with Gasteiger partial charge in [-0.3, -0.25) is 0 Å². The summed E-state index contributed by atoms with van der Waals surface area (Å²) >= 11 is 0. The van der Waals surface area contributed by atoms with Gasteiger partial charge in [0, 0.05) is 5.75 Å². The molecule has 0 unspecified atom stereocenters. The second-order valence-corrected chi connectivity index (χ2v) is 6.15. The molecule has 0 saturated carbocycles. The lowest BCUT2D eigenvalue weighted by Gasteiger charge is -2.02. The molecule has 0 fully saturated rings. The smallest absolute Gasteiger partial charge is 0.0229 e. The third-order valence-corrected chi connectivity index (χ3v) is 3.79. The zero-order chi connectivity index (χ0) is 10.9. The molecule has 0 aromatic heterocycles.